The third kappa shape index (κ3) is 3.81. The largest absolute Gasteiger partial charge is 0.348 e. The van der Waals surface area contributed by atoms with Crippen molar-refractivity contribution in [2.45, 2.75) is 37.8 Å². The molecule has 22 heavy (non-hydrogen) atoms. The van der Waals surface area contributed by atoms with Crippen molar-refractivity contribution in [3.8, 4) is 0 Å². The lowest BCUT2D eigenvalue weighted by molar-refractivity contribution is 0.0804. The first-order valence-corrected chi connectivity index (χ1v) is 8.22. The molecule has 2 aliphatic heterocycles. The molecule has 1 aromatic heterocycles. The van der Waals surface area contributed by atoms with Crippen LogP contribution >= 0.6 is 0 Å². The topological polar surface area (TPSA) is 61.4 Å². The molecular formula is C16H25N5O. The molecule has 1 N–H and O–H groups in total. The molecule has 2 fully saturated rings. The maximum atomic E-state index is 12.1. The minimum atomic E-state index is -0.0832. The van der Waals surface area contributed by atoms with Crippen LogP contribution in [0.4, 0.5) is 0 Å². The normalized spacial score (nSPS) is 22.6. The molecule has 0 radical (unpaired) electrons. The van der Waals surface area contributed by atoms with E-state index in [2.05, 4.69) is 32.1 Å². The lowest BCUT2D eigenvalue weighted by atomic mass is 9.98. The van der Waals surface area contributed by atoms with Gasteiger partial charge < -0.3 is 15.1 Å². The molecule has 0 aliphatic carbocycles. The molecule has 120 valence electrons. The van der Waals surface area contributed by atoms with E-state index in [0.29, 0.717) is 5.69 Å². The Morgan fingerprint density at radius 3 is 2.55 bits per heavy atom. The van der Waals surface area contributed by atoms with E-state index in [1.807, 2.05) is 0 Å². The third-order valence-electron chi connectivity index (χ3n) is 4.88. The summed E-state index contributed by atoms with van der Waals surface area (Å²) < 4.78 is 0. The van der Waals surface area contributed by atoms with Crippen LogP contribution in [0.1, 0.15) is 36.2 Å². The zero-order valence-corrected chi connectivity index (χ0v) is 13.2. The number of hydrogen-bond acceptors (Lipinski definition) is 5. The van der Waals surface area contributed by atoms with Gasteiger partial charge in [0.15, 0.2) is 0 Å². The van der Waals surface area contributed by atoms with Crippen molar-refractivity contribution in [1.29, 1.82) is 0 Å². The van der Waals surface area contributed by atoms with Gasteiger partial charge in [-0.15, -0.1) is 0 Å². The van der Waals surface area contributed by atoms with E-state index in [1.165, 1.54) is 32.3 Å². The summed E-state index contributed by atoms with van der Waals surface area (Å²) in [5.41, 5.74) is 0.452. The van der Waals surface area contributed by atoms with Gasteiger partial charge in [0.2, 0.25) is 0 Å². The molecule has 3 rings (SSSR count). The lowest BCUT2D eigenvalue weighted by Crippen LogP contribution is -2.50. The second-order valence-electron chi connectivity index (χ2n) is 6.41. The zero-order chi connectivity index (χ0) is 15.4. The van der Waals surface area contributed by atoms with Crippen LogP contribution in [-0.2, 0) is 0 Å². The van der Waals surface area contributed by atoms with Crippen LogP contribution in [0.5, 0.6) is 0 Å². The lowest BCUT2D eigenvalue weighted by Gasteiger charge is -2.41. The molecule has 3 heterocycles. The number of nitrogens with zero attached hydrogens (tertiary/aromatic N) is 4. The van der Waals surface area contributed by atoms with E-state index in [0.717, 1.165) is 32.0 Å². The van der Waals surface area contributed by atoms with Crippen LogP contribution in [-0.4, -0.2) is 71.0 Å². The molecule has 0 saturated carbocycles. The van der Waals surface area contributed by atoms with Crippen molar-refractivity contribution < 1.29 is 4.79 Å². The van der Waals surface area contributed by atoms with Gasteiger partial charge in [0.05, 0.1) is 0 Å². The predicted molar refractivity (Wildman–Crippen MR) is 84.6 cm³/mol. The maximum Gasteiger partial charge on any atom is 0.270 e. The highest BCUT2D eigenvalue weighted by Crippen LogP contribution is 2.20. The molecule has 6 nitrogen and oxygen atoms in total. The van der Waals surface area contributed by atoms with Gasteiger partial charge in [-0.2, -0.15) is 0 Å². The number of hydrogen-bond donors (Lipinski definition) is 1. The van der Waals surface area contributed by atoms with E-state index in [4.69, 9.17) is 0 Å². The molecule has 1 amide bonds. The molecule has 0 spiro atoms. The van der Waals surface area contributed by atoms with Crippen LogP contribution in [0, 0.1) is 0 Å². The van der Waals surface area contributed by atoms with Gasteiger partial charge in [-0.1, -0.05) is 0 Å². The van der Waals surface area contributed by atoms with Crippen LogP contribution in [0.15, 0.2) is 18.6 Å². The van der Waals surface area contributed by atoms with Crippen molar-refractivity contribution in [3.63, 3.8) is 0 Å². The molecule has 6 heteroatoms. The number of nitrogens with one attached hydrogen (secondary N) is 1. The Kier molecular flexibility index (Phi) is 5.00. The second kappa shape index (κ2) is 7.15. The number of piperidine rings is 2. The number of aromatic nitrogens is 2. The SMILES string of the molecule is CN1CCC(N2CCC(NC(=O)c3ccncn3)CC2)CC1. The Balaban J connectivity index is 1.45. The quantitative estimate of drug-likeness (QED) is 0.893. The van der Waals surface area contributed by atoms with Gasteiger partial charge in [0.1, 0.15) is 12.0 Å². The van der Waals surface area contributed by atoms with E-state index < -0.39 is 0 Å². The minimum Gasteiger partial charge on any atom is -0.348 e. The average molecular weight is 303 g/mol. The van der Waals surface area contributed by atoms with Gasteiger partial charge in [-0.05, 0) is 51.9 Å². The molecule has 0 atom stereocenters. The van der Waals surface area contributed by atoms with Crippen LogP contribution in [0.25, 0.3) is 0 Å². The van der Waals surface area contributed by atoms with Crippen molar-refractivity contribution in [2.24, 2.45) is 0 Å². The number of likely N-dealkylation sites (tertiary alicyclic amines) is 2. The summed E-state index contributed by atoms with van der Waals surface area (Å²) in [4.78, 5) is 25.0. The molecule has 0 bridgehead atoms. The van der Waals surface area contributed by atoms with Crippen LogP contribution in [0.3, 0.4) is 0 Å². The van der Waals surface area contributed by atoms with Gasteiger partial charge in [0.25, 0.3) is 5.91 Å². The molecule has 2 aliphatic rings. The monoisotopic (exact) mass is 303 g/mol. The number of amides is 1. The van der Waals surface area contributed by atoms with Gasteiger partial charge in [-0.3, -0.25) is 4.79 Å². The van der Waals surface area contributed by atoms with Crippen LogP contribution < -0.4 is 5.32 Å². The Labute approximate surface area is 131 Å². The first kappa shape index (κ1) is 15.4. The van der Waals surface area contributed by atoms with E-state index >= 15 is 0 Å². The summed E-state index contributed by atoms with van der Waals surface area (Å²) in [5, 5.41) is 3.10. The van der Waals surface area contributed by atoms with Gasteiger partial charge >= 0.3 is 0 Å². The number of rotatable bonds is 3. The summed E-state index contributed by atoms with van der Waals surface area (Å²) in [6, 6.07) is 2.66. The Morgan fingerprint density at radius 2 is 1.91 bits per heavy atom. The number of carbonyl (C=O) groups excluding carboxylic acids is 1. The highest BCUT2D eigenvalue weighted by Gasteiger charge is 2.28. The summed E-state index contributed by atoms with van der Waals surface area (Å²) in [6.07, 6.45) is 7.62. The Hall–Kier alpha value is -1.53. The Morgan fingerprint density at radius 1 is 1.18 bits per heavy atom. The summed E-state index contributed by atoms with van der Waals surface area (Å²) in [6.45, 7) is 4.58. The highest BCUT2D eigenvalue weighted by molar-refractivity contribution is 5.92. The van der Waals surface area contributed by atoms with Gasteiger partial charge in [0, 0.05) is 31.4 Å². The summed E-state index contributed by atoms with van der Waals surface area (Å²) >= 11 is 0. The fourth-order valence-electron chi connectivity index (χ4n) is 3.45. The van der Waals surface area contributed by atoms with E-state index in [-0.39, 0.29) is 11.9 Å². The average Bonchev–Trinajstić information content (AvgIpc) is 2.57. The van der Waals surface area contributed by atoms with Crippen molar-refractivity contribution in [1.82, 2.24) is 25.1 Å². The van der Waals surface area contributed by atoms with E-state index in [9.17, 15) is 4.79 Å². The third-order valence-corrected chi connectivity index (χ3v) is 4.88. The van der Waals surface area contributed by atoms with Crippen molar-refractivity contribution in [2.75, 3.05) is 33.2 Å². The van der Waals surface area contributed by atoms with Crippen molar-refractivity contribution >= 4 is 5.91 Å². The standard InChI is InChI=1S/C16H25N5O/c1-20-8-5-14(6-9-20)21-10-3-13(4-11-21)19-16(22)15-2-7-17-12-18-15/h2,7,12-14H,3-6,8-11H2,1H3,(H,19,22). The molecular weight excluding hydrogens is 278 g/mol. The summed E-state index contributed by atoms with van der Waals surface area (Å²) in [5.74, 6) is -0.0832. The smallest absolute Gasteiger partial charge is 0.270 e. The van der Waals surface area contributed by atoms with Crippen molar-refractivity contribution in [3.05, 3.63) is 24.3 Å². The first-order valence-electron chi connectivity index (χ1n) is 8.22. The molecule has 0 unspecified atom stereocenters. The molecule has 1 aromatic rings. The Bertz CT molecular complexity index is 479. The fraction of sp³-hybridized carbons (Fsp3) is 0.688. The summed E-state index contributed by atoms with van der Waals surface area (Å²) in [7, 11) is 2.20. The van der Waals surface area contributed by atoms with Gasteiger partial charge in [-0.25, -0.2) is 9.97 Å². The predicted octanol–water partition coefficient (Wildman–Crippen LogP) is 0.765. The fourth-order valence-corrected chi connectivity index (χ4v) is 3.45. The zero-order valence-electron chi connectivity index (χ0n) is 13.2. The highest BCUT2D eigenvalue weighted by atomic mass is 16.1. The number of carbonyl (C=O) groups is 1. The molecule has 0 aromatic carbocycles. The molecule has 2 saturated heterocycles. The van der Waals surface area contributed by atoms with E-state index in [1.54, 1.807) is 12.3 Å². The van der Waals surface area contributed by atoms with Crippen LogP contribution in [0.2, 0.25) is 0 Å². The second-order valence-corrected chi connectivity index (χ2v) is 6.41. The maximum absolute atomic E-state index is 12.1. The minimum absolute atomic E-state index is 0.0832. The first-order chi connectivity index (χ1) is 10.7.